The van der Waals surface area contributed by atoms with Crippen LogP contribution in [-0.4, -0.2) is 5.11 Å². The molecule has 0 saturated carbocycles. The molecule has 1 rings (SSSR count). The number of aliphatic hydroxyl groups is 1. The molecule has 0 amide bonds. The summed E-state index contributed by atoms with van der Waals surface area (Å²) in [6, 6.07) is 4.11. The van der Waals surface area contributed by atoms with Gasteiger partial charge in [0.2, 0.25) is 0 Å². The minimum absolute atomic E-state index is 0.137. The van der Waals surface area contributed by atoms with E-state index in [0.29, 0.717) is 10.6 Å². The zero-order valence-electron chi connectivity index (χ0n) is 9.00. The van der Waals surface area contributed by atoms with Crippen molar-refractivity contribution in [1.29, 1.82) is 0 Å². The molecule has 0 aliphatic heterocycles. The van der Waals surface area contributed by atoms with Crippen LogP contribution in [0.2, 0.25) is 5.02 Å². The second-order valence-electron chi connectivity index (χ2n) is 3.88. The Kier molecular flexibility index (Phi) is 4.55. The third kappa shape index (κ3) is 3.18. The molecule has 0 aromatic heterocycles. The van der Waals surface area contributed by atoms with Gasteiger partial charge in [0.1, 0.15) is 5.82 Å². The van der Waals surface area contributed by atoms with Gasteiger partial charge >= 0.3 is 0 Å². The first-order chi connectivity index (χ1) is 7.06. The molecule has 0 heterocycles. The summed E-state index contributed by atoms with van der Waals surface area (Å²) >= 11 is 5.87. The van der Waals surface area contributed by atoms with Crippen molar-refractivity contribution in [3.8, 4) is 0 Å². The lowest BCUT2D eigenvalue weighted by atomic mass is 9.93. The molecule has 2 atom stereocenters. The summed E-state index contributed by atoms with van der Waals surface area (Å²) in [5, 5.41) is 10.3. The van der Waals surface area contributed by atoms with Crippen LogP contribution in [0.4, 0.5) is 4.39 Å². The number of hydrogen-bond acceptors (Lipinski definition) is 1. The van der Waals surface area contributed by atoms with Crippen molar-refractivity contribution in [2.45, 2.75) is 32.8 Å². The SMILES string of the molecule is CCCC(C)C(O)c1ccc(F)cc1Cl. The Labute approximate surface area is 94.9 Å². The molecule has 2 unspecified atom stereocenters. The van der Waals surface area contributed by atoms with Gasteiger partial charge < -0.3 is 5.11 Å². The van der Waals surface area contributed by atoms with E-state index in [9.17, 15) is 9.50 Å². The van der Waals surface area contributed by atoms with Crippen molar-refractivity contribution in [3.05, 3.63) is 34.6 Å². The van der Waals surface area contributed by atoms with E-state index in [1.54, 1.807) is 6.07 Å². The van der Waals surface area contributed by atoms with Crippen molar-refractivity contribution in [2.75, 3.05) is 0 Å². The molecule has 0 fully saturated rings. The molecule has 3 heteroatoms. The van der Waals surface area contributed by atoms with Gasteiger partial charge in [0.25, 0.3) is 0 Å². The number of benzene rings is 1. The van der Waals surface area contributed by atoms with Crippen LogP contribution in [0, 0.1) is 11.7 Å². The average Bonchev–Trinajstić information content (AvgIpc) is 2.17. The molecule has 0 aliphatic carbocycles. The average molecular weight is 231 g/mol. The first-order valence-electron chi connectivity index (χ1n) is 5.19. The molecule has 15 heavy (non-hydrogen) atoms. The molecular weight excluding hydrogens is 215 g/mol. The maximum absolute atomic E-state index is 12.8. The van der Waals surface area contributed by atoms with E-state index < -0.39 is 6.10 Å². The van der Waals surface area contributed by atoms with Crippen molar-refractivity contribution in [3.63, 3.8) is 0 Å². The van der Waals surface area contributed by atoms with E-state index in [1.807, 2.05) is 6.92 Å². The second-order valence-corrected chi connectivity index (χ2v) is 4.28. The predicted molar refractivity (Wildman–Crippen MR) is 60.4 cm³/mol. The molecule has 1 nitrogen and oxygen atoms in total. The van der Waals surface area contributed by atoms with Gasteiger partial charge in [-0.2, -0.15) is 0 Å². The Morgan fingerprint density at radius 3 is 2.67 bits per heavy atom. The summed E-state index contributed by atoms with van der Waals surface area (Å²) < 4.78 is 12.8. The van der Waals surface area contributed by atoms with Crippen LogP contribution in [-0.2, 0) is 0 Å². The zero-order chi connectivity index (χ0) is 11.4. The molecule has 1 aromatic carbocycles. The van der Waals surface area contributed by atoms with Crippen LogP contribution in [0.5, 0.6) is 0 Å². The Morgan fingerprint density at radius 2 is 2.13 bits per heavy atom. The summed E-state index contributed by atoms with van der Waals surface area (Å²) in [5.41, 5.74) is 0.610. The first-order valence-corrected chi connectivity index (χ1v) is 5.57. The number of hydrogen-bond donors (Lipinski definition) is 1. The minimum atomic E-state index is -0.613. The van der Waals surface area contributed by atoms with Crippen LogP contribution in [0.25, 0.3) is 0 Å². The third-order valence-corrected chi connectivity index (χ3v) is 2.89. The molecule has 0 aliphatic rings. The van der Waals surface area contributed by atoms with Gasteiger partial charge in [-0.1, -0.05) is 37.9 Å². The summed E-state index contributed by atoms with van der Waals surface area (Å²) in [6.45, 7) is 4.03. The van der Waals surface area contributed by atoms with Crippen LogP contribution in [0.3, 0.4) is 0 Å². The zero-order valence-corrected chi connectivity index (χ0v) is 9.76. The number of halogens is 2. The number of aliphatic hydroxyl groups excluding tert-OH is 1. The Bertz CT molecular complexity index is 327. The van der Waals surface area contributed by atoms with Crippen molar-refractivity contribution in [2.24, 2.45) is 5.92 Å². The van der Waals surface area contributed by atoms with Gasteiger partial charge in [-0.05, 0) is 30.0 Å². The summed E-state index contributed by atoms with van der Waals surface area (Å²) in [7, 11) is 0. The van der Waals surface area contributed by atoms with Gasteiger partial charge in [-0.3, -0.25) is 0 Å². The molecular formula is C12H16ClFO. The van der Waals surface area contributed by atoms with Gasteiger partial charge in [0.15, 0.2) is 0 Å². The largest absolute Gasteiger partial charge is 0.388 e. The highest BCUT2D eigenvalue weighted by Gasteiger charge is 2.18. The predicted octanol–water partition coefficient (Wildman–Crippen LogP) is 3.95. The number of rotatable bonds is 4. The summed E-state index contributed by atoms with van der Waals surface area (Å²) in [4.78, 5) is 0. The lowest BCUT2D eigenvalue weighted by molar-refractivity contribution is 0.112. The van der Waals surface area contributed by atoms with Crippen LogP contribution in [0.15, 0.2) is 18.2 Å². The summed E-state index contributed by atoms with van der Waals surface area (Å²) in [6.07, 6.45) is 1.32. The fourth-order valence-electron chi connectivity index (χ4n) is 1.66. The monoisotopic (exact) mass is 230 g/mol. The smallest absolute Gasteiger partial charge is 0.124 e. The highest BCUT2D eigenvalue weighted by Crippen LogP contribution is 2.30. The van der Waals surface area contributed by atoms with Crippen molar-refractivity contribution < 1.29 is 9.50 Å². The summed E-state index contributed by atoms with van der Waals surface area (Å²) in [5.74, 6) is -0.239. The van der Waals surface area contributed by atoms with E-state index >= 15 is 0 Å². The Hall–Kier alpha value is -0.600. The van der Waals surface area contributed by atoms with E-state index in [0.717, 1.165) is 12.8 Å². The maximum Gasteiger partial charge on any atom is 0.124 e. The quantitative estimate of drug-likeness (QED) is 0.831. The van der Waals surface area contributed by atoms with Crippen molar-refractivity contribution in [1.82, 2.24) is 0 Å². The lowest BCUT2D eigenvalue weighted by Gasteiger charge is -2.19. The molecule has 0 spiro atoms. The molecule has 0 radical (unpaired) electrons. The Balaban J connectivity index is 2.86. The maximum atomic E-state index is 12.8. The van der Waals surface area contributed by atoms with E-state index in [2.05, 4.69) is 6.92 Å². The highest BCUT2D eigenvalue weighted by atomic mass is 35.5. The molecule has 1 N–H and O–H groups in total. The van der Waals surface area contributed by atoms with Crippen LogP contribution in [0.1, 0.15) is 38.4 Å². The highest BCUT2D eigenvalue weighted by molar-refractivity contribution is 6.31. The fourth-order valence-corrected chi connectivity index (χ4v) is 1.94. The van der Waals surface area contributed by atoms with E-state index in [-0.39, 0.29) is 11.7 Å². The van der Waals surface area contributed by atoms with Gasteiger partial charge in [-0.25, -0.2) is 4.39 Å². The van der Waals surface area contributed by atoms with Gasteiger partial charge in [0.05, 0.1) is 6.10 Å². The molecule has 0 saturated heterocycles. The van der Waals surface area contributed by atoms with Crippen LogP contribution >= 0.6 is 11.6 Å². The Morgan fingerprint density at radius 1 is 1.47 bits per heavy atom. The van der Waals surface area contributed by atoms with Gasteiger partial charge in [0, 0.05) is 5.02 Å². The lowest BCUT2D eigenvalue weighted by Crippen LogP contribution is -2.09. The van der Waals surface area contributed by atoms with E-state index in [1.165, 1.54) is 12.1 Å². The third-order valence-electron chi connectivity index (χ3n) is 2.56. The minimum Gasteiger partial charge on any atom is -0.388 e. The fraction of sp³-hybridized carbons (Fsp3) is 0.500. The molecule has 84 valence electrons. The van der Waals surface area contributed by atoms with Gasteiger partial charge in [-0.15, -0.1) is 0 Å². The normalized spacial score (nSPS) is 15.0. The first kappa shape index (κ1) is 12.5. The molecule has 1 aromatic rings. The van der Waals surface area contributed by atoms with E-state index in [4.69, 9.17) is 11.6 Å². The van der Waals surface area contributed by atoms with Crippen molar-refractivity contribution >= 4 is 11.6 Å². The topological polar surface area (TPSA) is 20.2 Å². The standard InChI is InChI=1S/C12H16ClFO/c1-3-4-8(2)12(15)10-6-5-9(14)7-11(10)13/h5-8,12,15H,3-4H2,1-2H3. The van der Waals surface area contributed by atoms with Crippen LogP contribution < -0.4 is 0 Å². The second kappa shape index (κ2) is 5.47. The molecule has 0 bridgehead atoms.